The highest BCUT2D eigenvalue weighted by Crippen LogP contribution is 2.35. The van der Waals surface area contributed by atoms with Crippen molar-refractivity contribution in [1.29, 1.82) is 0 Å². The normalized spacial score (nSPS) is 13.2. The molecule has 3 rings (SSSR count). The Morgan fingerprint density at radius 3 is 2.32 bits per heavy atom. The Balaban J connectivity index is 1.87. The highest BCUT2D eigenvalue weighted by molar-refractivity contribution is 6.03. The summed E-state index contributed by atoms with van der Waals surface area (Å²) in [7, 11) is 2.82. The molecular formula is C23H25N3O8. The molecule has 0 saturated heterocycles. The molecule has 180 valence electrons. The second-order valence-electron chi connectivity index (χ2n) is 7.76. The van der Waals surface area contributed by atoms with E-state index in [1.165, 1.54) is 38.5 Å². The second-order valence-corrected chi connectivity index (χ2v) is 7.76. The van der Waals surface area contributed by atoms with Crippen LogP contribution in [0.4, 0.5) is 11.4 Å². The van der Waals surface area contributed by atoms with E-state index in [2.05, 4.69) is 5.32 Å². The van der Waals surface area contributed by atoms with Crippen LogP contribution in [0, 0.1) is 16.0 Å². The highest BCUT2D eigenvalue weighted by atomic mass is 16.6. The number of nitrogens with two attached hydrogens (primary N) is 1. The molecule has 0 spiro atoms. The van der Waals surface area contributed by atoms with Gasteiger partial charge in [0.25, 0.3) is 5.69 Å². The lowest BCUT2D eigenvalue weighted by atomic mass is 10.1. The fourth-order valence-electron chi connectivity index (χ4n) is 3.80. The van der Waals surface area contributed by atoms with E-state index in [1.54, 1.807) is 0 Å². The minimum atomic E-state index is -0.837. The van der Waals surface area contributed by atoms with Crippen LogP contribution in [0.3, 0.4) is 0 Å². The largest absolute Gasteiger partial charge is 0.493 e. The number of nitro groups is 1. The van der Waals surface area contributed by atoms with Gasteiger partial charge in [0, 0.05) is 29.7 Å². The summed E-state index contributed by atoms with van der Waals surface area (Å²) in [6.45, 7) is -0.446. The lowest BCUT2D eigenvalue weighted by molar-refractivity contribution is -0.385. The van der Waals surface area contributed by atoms with Gasteiger partial charge in [0.1, 0.15) is 6.61 Å². The van der Waals surface area contributed by atoms with Crippen LogP contribution in [0.25, 0.3) is 0 Å². The first-order valence-corrected chi connectivity index (χ1v) is 10.6. The predicted octanol–water partition coefficient (Wildman–Crippen LogP) is 3.20. The van der Waals surface area contributed by atoms with Gasteiger partial charge in [-0.2, -0.15) is 0 Å². The van der Waals surface area contributed by atoms with E-state index in [0.717, 1.165) is 31.7 Å². The summed E-state index contributed by atoms with van der Waals surface area (Å²) in [6.07, 6.45) is 3.46. The number of esters is 1. The fourth-order valence-corrected chi connectivity index (χ4v) is 3.80. The van der Waals surface area contributed by atoms with Gasteiger partial charge in [-0.3, -0.25) is 19.7 Å². The number of amides is 2. The van der Waals surface area contributed by atoms with Gasteiger partial charge in [-0.15, -0.1) is 0 Å². The Bertz CT molecular complexity index is 1130. The number of carbonyl (C=O) groups excluding carboxylic acids is 3. The zero-order chi connectivity index (χ0) is 24.8. The minimum Gasteiger partial charge on any atom is -0.493 e. The number of primary amides is 1. The third-order valence-corrected chi connectivity index (χ3v) is 5.65. The molecule has 0 bridgehead atoms. The molecule has 1 saturated carbocycles. The second kappa shape index (κ2) is 10.6. The maximum Gasteiger partial charge on any atom is 0.340 e. The molecule has 3 N–H and O–H groups in total. The summed E-state index contributed by atoms with van der Waals surface area (Å²) in [5.74, 6) is -1.47. The van der Waals surface area contributed by atoms with E-state index in [0.29, 0.717) is 5.75 Å². The van der Waals surface area contributed by atoms with Crippen molar-refractivity contribution >= 4 is 29.2 Å². The Morgan fingerprint density at radius 2 is 1.74 bits per heavy atom. The third-order valence-electron chi connectivity index (χ3n) is 5.65. The summed E-state index contributed by atoms with van der Waals surface area (Å²) in [4.78, 5) is 47.7. The maximum atomic E-state index is 13.0. The monoisotopic (exact) mass is 471 g/mol. The van der Waals surface area contributed by atoms with Crippen molar-refractivity contribution in [3.05, 3.63) is 57.1 Å². The molecule has 34 heavy (non-hydrogen) atoms. The molecule has 0 aliphatic heterocycles. The Kier molecular flexibility index (Phi) is 7.67. The Morgan fingerprint density at radius 1 is 1.09 bits per heavy atom. The SMILES string of the molecule is COc1cc(NC(=O)C2CCCC2)c(C(=O)OCc2ccc(C(N)=O)cc2[N+](=O)[O-])cc1OC. The van der Waals surface area contributed by atoms with Crippen LogP contribution >= 0.6 is 0 Å². The molecule has 0 aromatic heterocycles. The first-order chi connectivity index (χ1) is 16.2. The fraction of sp³-hybridized carbons (Fsp3) is 0.348. The maximum absolute atomic E-state index is 13.0. The average Bonchev–Trinajstić information content (AvgIpc) is 3.37. The predicted molar refractivity (Wildman–Crippen MR) is 121 cm³/mol. The summed E-state index contributed by atoms with van der Waals surface area (Å²) in [5, 5.41) is 14.2. The Hall–Kier alpha value is -4.15. The van der Waals surface area contributed by atoms with Crippen molar-refractivity contribution < 1.29 is 33.5 Å². The standard InChI is InChI=1S/C23H25N3O8/c1-32-19-10-16(17(11-20(19)33-2)25-22(28)13-5-3-4-6-13)23(29)34-12-15-8-7-14(21(24)27)9-18(15)26(30)31/h7-11,13H,3-6,12H2,1-2H3,(H2,24,27)(H,25,28). The van der Waals surface area contributed by atoms with E-state index in [-0.39, 0.29) is 40.0 Å². The number of ether oxygens (including phenoxy) is 3. The van der Waals surface area contributed by atoms with Crippen molar-refractivity contribution in [2.75, 3.05) is 19.5 Å². The quantitative estimate of drug-likeness (QED) is 0.320. The molecule has 0 atom stereocenters. The number of nitrogens with one attached hydrogen (secondary N) is 1. The highest BCUT2D eigenvalue weighted by Gasteiger charge is 2.26. The van der Waals surface area contributed by atoms with Gasteiger partial charge < -0.3 is 25.3 Å². The van der Waals surface area contributed by atoms with Crippen LogP contribution in [0.5, 0.6) is 11.5 Å². The minimum absolute atomic E-state index is 0.000376. The average molecular weight is 471 g/mol. The molecule has 1 aliphatic carbocycles. The van der Waals surface area contributed by atoms with Gasteiger partial charge in [-0.25, -0.2) is 4.79 Å². The first kappa shape index (κ1) is 24.5. The van der Waals surface area contributed by atoms with E-state index >= 15 is 0 Å². The van der Waals surface area contributed by atoms with Crippen LogP contribution in [-0.2, 0) is 16.1 Å². The van der Waals surface area contributed by atoms with E-state index in [1.807, 2.05) is 0 Å². The van der Waals surface area contributed by atoms with Crippen molar-refractivity contribution in [2.24, 2.45) is 11.7 Å². The molecule has 11 nitrogen and oxygen atoms in total. The van der Waals surface area contributed by atoms with Crippen LogP contribution in [0.1, 0.15) is 52.0 Å². The number of anilines is 1. The van der Waals surface area contributed by atoms with E-state index in [4.69, 9.17) is 19.9 Å². The molecular weight excluding hydrogens is 446 g/mol. The molecule has 2 aromatic rings. The van der Waals surface area contributed by atoms with Gasteiger partial charge in [0.05, 0.1) is 36.0 Å². The molecule has 11 heteroatoms. The van der Waals surface area contributed by atoms with Gasteiger partial charge in [-0.05, 0) is 25.0 Å². The molecule has 1 aliphatic rings. The molecule has 2 amide bonds. The van der Waals surface area contributed by atoms with Crippen molar-refractivity contribution in [3.8, 4) is 11.5 Å². The number of nitro benzene ring substituents is 1. The topological polar surface area (TPSA) is 160 Å². The summed E-state index contributed by atoms with van der Waals surface area (Å²) in [6, 6.07) is 6.46. The van der Waals surface area contributed by atoms with Gasteiger partial charge >= 0.3 is 5.97 Å². The number of benzene rings is 2. The molecule has 1 fully saturated rings. The lowest BCUT2D eigenvalue weighted by Crippen LogP contribution is -2.22. The number of rotatable bonds is 9. The lowest BCUT2D eigenvalue weighted by Gasteiger charge is -2.17. The van der Waals surface area contributed by atoms with Crippen molar-refractivity contribution in [3.63, 3.8) is 0 Å². The molecule has 0 radical (unpaired) electrons. The summed E-state index contributed by atoms with van der Waals surface area (Å²) < 4.78 is 15.9. The van der Waals surface area contributed by atoms with Crippen molar-refractivity contribution in [2.45, 2.75) is 32.3 Å². The molecule has 0 unspecified atom stereocenters. The first-order valence-electron chi connectivity index (χ1n) is 10.6. The Labute approximate surface area is 195 Å². The van der Waals surface area contributed by atoms with Gasteiger partial charge in [0.15, 0.2) is 11.5 Å². The number of nitrogens with zero attached hydrogens (tertiary/aromatic N) is 1. The van der Waals surface area contributed by atoms with Gasteiger partial charge in [-0.1, -0.05) is 12.8 Å². The number of hydrogen-bond acceptors (Lipinski definition) is 8. The van der Waals surface area contributed by atoms with Crippen LogP contribution in [0.2, 0.25) is 0 Å². The number of carbonyl (C=O) groups is 3. The van der Waals surface area contributed by atoms with Crippen LogP contribution < -0.4 is 20.5 Å². The zero-order valence-corrected chi connectivity index (χ0v) is 18.8. The molecule has 2 aromatic carbocycles. The summed E-state index contributed by atoms with van der Waals surface area (Å²) in [5.41, 5.74) is 4.98. The smallest absolute Gasteiger partial charge is 0.340 e. The van der Waals surface area contributed by atoms with Gasteiger partial charge in [0.2, 0.25) is 11.8 Å². The number of hydrogen-bond donors (Lipinski definition) is 2. The zero-order valence-electron chi connectivity index (χ0n) is 18.8. The van der Waals surface area contributed by atoms with Crippen LogP contribution in [-0.4, -0.2) is 36.9 Å². The van der Waals surface area contributed by atoms with E-state index < -0.39 is 29.1 Å². The summed E-state index contributed by atoms with van der Waals surface area (Å²) >= 11 is 0. The van der Waals surface area contributed by atoms with Crippen molar-refractivity contribution in [1.82, 2.24) is 0 Å². The molecule has 0 heterocycles. The number of methoxy groups -OCH3 is 2. The van der Waals surface area contributed by atoms with E-state index in [9.17, 15) is 24.5 Å². The third kappa shape index (κ3) is 5.42. The van der Waals surface area contributed by atoms with Crippen LogP contribution in [0.15, 0.2) is 30.3 Å².